The van der Waals surface area contributed by atoms with Crippen molar-refractivity contribution in [2.75, 3.05) is 10.2 Å². The number of aromatic nitrogens is 3. The van der Waals surface area contributed by atoms with E-state index in [-0.39, 0.29) is 28.4 Å². The summed E-state index contributed by atoms with van der Waals surface area (Å²) in [5.74, 6) is -0.660. The zero-order valence-electron chi connectivity index (χ0n) is 20.5. The smallest absolute Gasteiger partial charge is 0.348 e. The SMILES string of the molecule is CC(C)N(c1cc(-c2ccc(NC(=O)c3cnccn3)nc2)sc1C(=O)O)C(=O)[C@H]1CC[C@H](C)CC1. The van der Waals surface area contributed by atoms with Gasteiger partial charge >= 0.3 is 5.97 Å². The van der Waals surface area contributed by atoms with Crippen LogP contribution in [0.25, 0.3) is 10.4 Å². The Morgan fingerprint density at radius 2 is 1.83 bits per heavy atom. The number of aromatic carboxylic acids is 1. The minimum Gasteiger partial charge on any atom is -0.477 e. The lowest BCUT2D eigenvalue weighted by Gasteiger charge is -2.33. The van der Waals surface area contributed by atoms with E-state index in [1.165, 1.54) is 18.6 Å². The van der Waals surface area contributed by atoms with Gasteiger partial charge in [-0.15, -0.1) is 11.3 Å². The zero-order valence-corrected chi connectivity index (χ0v) is 21.3. The number of anilines is 2. The third-order valence-corrected chi connectivity index (χ3v) is 7.53. The van der Waals surface area contributed by atoms with E-state index in [1.807, 2.05) is 13.8 Å². The maximum absolute atomic E-state index is 13.5. The Morgan fingerprint density at radius 1 is 1.08 bits per heavy atom. The molecule has 0 unspecified atom stereocenters. The highest BCUT2D eigenvalue weighted by molar-refractivity contribution is 7.18. The van der Waals surface area contributed by atoms with Gasteiger partial charge in [0.05, 0.1) is 11.9 Å². The summed E-state index contributed by atoms with van der Waals surface area (Å²) < 4.78 is 0. The Labute approximate surface area is 213 Å². The van der Waals surface area contributed by atoms with E-state index in [2.05, 4.69) is 27.2 Å². The van der Waals surface area contributed by atoms with Gasteiger partial charge in [-0.2, -0.15) is 0 Å². The molecule has 0 saturated heterocycles. The fraction of sp³-hybridized carbons (Fsp3) is 0.385. The molecule has 10 heteroatoms. The minimum atomic E-state index is -1.07. The van der Waals surface area contributed by atoms with Gasteiger partial charge in [0.2, 0.25) is 5.91 Å². The van der Waals surface area contributed by atoms with Crippen LogP contribution in [0.1, 0.15) is 66.6 Å². The Bertz CT molecular complexity index is 1230. The third kappa shape index (κ3) is 5.59. The van der Waals surface area contributed by atoms with Gasteiger partial charge in [-0.3, -0.25) is 14.6 Å². The van der Waals surface area contributed by atoms with Crippen molar-refractivity contribution in [1.82, 2.24) is 15.0 Å². The first kappa shape index (κ1) is 25.4. The first-order valence-electron chi connectivity index (χ1n) is 12.0. The minimum absolute atomic E-state index is 0.0102. The molecule has 9 nitrogen and oxygen atoms in total. The molecule has 4 rings (SSSR count). The van der Waals surface area contributed by atoms with Crippen LogP contribution in [0, 0.1) is 11.8 Å². The summed E-state index contributed by atoms with van der Waals surface area (Å²) >= 11 is 1.11. The van der Waals surface area contributed by atoms with Crippen molar-refractivity contribution < 1.29 is 19.5 Å². The predicted molar refractivity (Wildman–Crippen MR) is 138 cm³/mol. The Kier molecular flexibility index (Phi) is 7.73. The van der Waals surface area contributed by atoms with Crippen LogP contribution in [0.15, 0.2) is 43.0 Å². The van der Waals surface area contributed by atoms with Crippen LogP contribution in [-0.2, 0) is 4.79 Å². The second-order valence-electron chi connectivity index (χ2n) is 9.37. The molecule has 188 valence electrons. The van der Waals surface area contributed by atoms with Crippen LogP contribution >= 0.6 is 11.3 Å². The van der Waals surface area contributed by atoms with Crippen LogP contribution in [0.3, 0.4) is 0 Å². The van der Waals surface area contributed by atoms with E-state index < -0.39 is 11.9 Å². The van der Waals surface area contributed by atoms with E-state index in [0.29, 0.717) is 27.9 Å². The lowest BCUT2D eigenvalue weighted by atomic mass is 9.82. The normalized spacial score (nSPS) is 17.6. The van der Waals surface area contributed by atoms with Crippen LogP contribution in [-0.4, -0.2) is 43.9 Å². The highest BCUT2D eigenvalue weighted by Crippen LogP contribution is 2.39. The van der Waals surface area contributed by atoms with E-state index in [0.717, 1.165) is 37.0 Å². The highest BCUT2D eigenvalue weighted by Gasteiger charge is 2.33. The number of amides is 2. The average Bonchev–Trinajstić information content (AvgIpc) is 3.30. The number of hydrogen-bond donors (Lipinski definition) is 2. The van der Waals surface area contributed by atoms with Crippen molar-refractivity contribution in [3.63, 3.8) is 0 Å². The molecule has 3 heterocycles. The molecule has 2 N–H and O–H groups in total. The number of rotatable bonds is 7. The summed E-state index contributed by atoms with van der Waals surface area (Å²) in [6.07, 6.45) is 9.51. The van der Waals surface area contributed by atoms with Gasteiger partial charge < -0.3 is 15.3 Å². The quantitative estimate of drug-likeness (QED) is 0.455. The molecular weight excluding hydrogens is 478 g/mol. The van der Waals surface area contributed by atoms with Crippen molar-refractivity contribution in [3.8, 4) is 10.4 Å². The van der Waals surface area contributed by atoms with Crippen molar-refractivity contribution in [3.05, 3.63) is 53.6 Å². The summed E-state index contributed by atoms with van der Waals surface area (Å²) in [6, 6.07) is 4.96. The van der Waals surface area contributed by atoms with Crippen LogP contribution in [0.2, 0.25) is 0 Å². The standard InChI is InChI=1S/C26H29N5O4S/c1-15(2)31(25(33)17-6-4-16(3)5-7-17)20-12-21(36-23(20)26(34)35)18-8-9-22(29-13-18)30-24(32)19-14-27-10-11-28-19/h8-17H,4-7H2,1-3H3,(H,34,35)(H,29,30,32)/t16-,17-. The molecule has 1 saturated carbocycles. The molecule has 0 spiro atoms. The summed E-state index contributed by atoms with van der Waals surface area (Å²) in [5, 5.41) is 12.6. The summed E-state index contributed by atoms with van der Waals surface area (Å²) in [7, 11) is 0. The summed E-state index contributed by atoms with van der Waals surface area (Å²) in [5.41, 5.74) is 1.28. The second kappa shape index (κ2) is 10.9. The zero-order chi connectivity index (χ0) is 25.8. The molecule has 0 atom stereocenters. The number of carboxylic acid groups (broad SMARTS) is 1. The molecule has 0 aliphatic heterocycles. The first-order valence-corrected chi connectivity index (χ1v) is 12.8. The molecule has 1 aliphatic rings. The second-order valence-corrected chi connectivity index (χ2v) is 10.4. The summed E-state index contributed by atoms with van der Waals surface area (Å²) in [4.78, 5) is 52.5. The Balaban J connectivity index is 1.58. The highest BCUT2D eigenvalue weighted by atomic mass is 32.1. The predicted octanol–water partition coefficient (Wildman–Crippen LogP) is 5.12. The van der Waals surface area contributed by atoms with Gasteiger partial charge in [-0.05, 0) is 63.6 Å². The van der Waals surface area contributed by atoms with E-state index in [1.54, 1.807) is 29.3 Å². The monoisotopic (exact) mass is 507 g/mol. The van der Waals surface area contributed by atoms with Crippen molar-refractivity contribution in [1.29, 1.82) is 0 Å². The molecule has 3 aromatic rings. The lowest BCUT2D eigenvalue weighted by molar-refractivity contribution is -0.123. The van der Waals surface area contributed by atoms with Gasteiger partial charge in [0.15, 0.2) is 0 Å². The number of carbonyl (C=O) groups is 3. The Hall–Kier alpha value is -3.66. The van der Waals surface area contributed by atoms with Gasteiger partial charge in [0.1, 0.15) is 16.4 Å². The lowest BCUT2D eigenvalue weighted by Crippen LogP contribution is -2.42. The van der Waals surface area contributed by atoms with Crippen LogP contribution in [0.5, 0.6) is 0 Å². The van der Waals surface area contributed by atoms with Crippen LogP contribution < -0.4 is 10.2 Å². The van der Waals surface area contributed by atoms with Gasteiger partial charge in [-0.25, -0.2) is 14.8 Å². The molecule has 3 aromatic heterocycles. The Morgan fingerprint density at radius 3 is 2.42 bits per heavy atom. The van der Waals surface area contributed by atoms with Gasteiger partial charge in [-0.1, -0.05) is 6.92 Å². The number of thiophene rings is 1. The molecule has 0 radical (unpaired) electrons. The largest absolute Gasteiger partial charge is 0.477 e. The number of hydrogen-bond acceptors (Lipinski definition) is 7. The maximum atomic E-state index is 13.5. The molecule has 1 aliphatic carbocycles. The van der Waals surface area contributed by atoms with Crippen molar-refractivity contribution >= 4 is 40.6 Å². The number of carboxylic acids is 1. The molecule has 36 heavy (non-hydrogen) atoms. The maximum Gasteiger partial charge on any atom is 0.348 e. The molecule has 1 fully saturated rings. The number of nitrogens with zero attached hydrogens (tertiary/aromatic N) is 4. The molecule has 0 aromatic carbocycles. The van der Waals surface area contributed by atoms with E-state index >= 15 is 0 Å². The van der Waals surface area contributed by atoms with Gasteiger partial charge in [0.25, 0.3) is 5.91 Å². The van der Waals surface area contributed by atoms with E-state index in [9.17, 15) is 19.5 Å². The van der Waals surface area contributed by atoms with Gasteiger partial charge in [0, 0.05) is 41.0 Å². The number of carbonyl (C=O) groups excluding carboxylic acids is 2. The molecule has 0 bridgehead atoms. The van der Waals surface area contributed by atoms with Crippen molar-refractivity contribution in [2.24, 2.45) is 11.8 Å². The average molecular weight is 508 g/mol. The third-order valence-electron chi connectivity index (χ3n) is 6.37. The molecule has 2 amide bonds. The first-order chi connectivity index (χ1) is 17.2. The number of nitrogens with one attached hydrogen (secondary N) is 1. The summed E-state index contributed by atoms with van der Waals surface area (Å²) in [6.45, 7) is 6.01. The fourth-order valence-electron chi connectivity index (χ4n) is 4.42. The van der Waals surface area contributed by atoms with Crippen molar-refractivity contribution in [2.45, 2.75) is 52.5 Å². The fourth-order valence-corrected chi connectivity index (χ4v) is 5.40. The topological polar surface area (TPSA) is 125 Å². The van der Waals surface area contributed by atoms with Crippen LogP contribution in [0.4, 0.5) is 11.5 Å². The van der Waals surface area contributed by atoms with E-state index in [4.69, 9.17) is 0 Å². The molecular formula is C26H29N5O4S. The number of pyridine rings is 1.